The lowest BCUT2D eigenvalue weighted by Gasteiger charge is -2.26. The van der Waals surface area contributed by atoms with Gasteiger partial charge in [0.25, 0.3) is 0 Å². The zero-order valence-corrected chi connectivity index (χ0v) is 22.4. The molecular weight excluding hydrogens is 496 g/mol. The van der Waals surface area contributed by atoms with Gasteiger partial charge in [-0.2, -0.15) is 0 Å². The summed E-state index contributed by atoms with van der Waals surface area (Å²) in [6.07, 6.45) is 2.20. The van der Waals surface area contributed by atoms with Gasteiger partial charge in [-0.1, -0.05) is 13.0 Å². The van der Waals surface area contributed by atoms with Crippen LogP contribution in [0.3, 0.4) is 0 Å². The fourth-order valence-corrected chi connectivity index (χ4v) is 4.99. The van der Waals surface area contributed by atoms with E-state index in [4.69, 9.17) is 21.4 Å². The molecule has 0 unspecified atom stereocenters. The number of rotatable bonds is 8. The lowest BCUT2D eigenvalue weighted by molar-refractivity contribution is -0.115. The fraction of sp³-hybridized carbons (Fsp3) is 0.233. The van der Waals surface area contributed by atoms with Gasteiger partial charge in [0.05, 0.1) is 18.3 Å². The molecule has 7 nitrogen and oxygen atoms in total. The van der Waals surface area contributed by atoms with Gasteiger partial charge in [-0.3, -0.25) is 9.78 Å². The third-order valence-corrected chi connectivity index (χ3v) is 6.86. The highest BCUT2D eigenvalue weighted by Crippen LogP contribution is 2.43. The Bertz CT molecular complexity index is 1440. The maximum atomic E-state index is 12.0. The Morgan fingerprint density at radius 1 is 1.11 bits per heavy atom. The Morgan fingerprint density at radius 2 is 1.92 bits per heavy atom. The number of nitrogens with zero attached hydrogens (tertiary/aromatic N) is 2. The predicted molar refractivity (Wildman–Crippen MR) is 153 cm³/mol. The molecule has 4 aromatic rings. The second-order valence-corrected chi connectivity index (χ2v) is 9.44. The minimum absolute atomic E-state index is 0.0234. The van der Waals surface area contributed by atoms with E-state index in [1.807, 2.05) is 93.6 Å². The number of pyridine rings is 1. The summed E-state index contributed by atoms with van der Waals surface area (Å²) in [6.45, 7) is 6.39. The molecular formula is C30H30N4O3S. The monoisotopic (exact) mass is 526 g/mol. The number of thiocarbonyl (C=S) groups is 1. The Hall–Kier alpha value is -4.17. The first kappa shape index (κ1) is 25.5. The first-order chi connectivity index (χ1) is 18.5. The molecule has 0 bridgehead atoms. The molecule has 1 fully saturated rings. The average molecular weight is 527 g/mol. The van der Waals surface area contributed by atoms with Gasteiger partial charge >= 0.3 is 0 Å². The third kappa shape index (κ3) is 5.13. The minimum atomic E-state index is -0.274. The number of furan rings is 1. The maximum Gasteiger partial charge on any atom is 0.224 e. The van der Waals surface area contributed by atoms with E-state index in [1.54, 1.807) is 6.20 Å². The van der Waals surface area contributed by atoms with Crippen molar-refractivity contribution in [2.75, 3.05) is 16.8 Å². The minimum Gasteiger partial charge on any atom is -0.494 e. The zero-order valence-electron chi connectivity index (χ0n) is 21.6. The van der Waals surface area contributed by atoms with Gasteiger partial charge in [0.1, 0.15) is 23.3 Å². The molecule has 0 aliphatic carbocycles. The highest BCUT2D eigenvalue weighted by atomic mass is 32.1. The molecule has 2 N–H and O–H groups in total. The van der Waals surface area contributed by atoms with Crippen molar-refractivity contribution < 1.29 is 13.9 Å². The molecule has 2 atom stereocenters. The molecule has 1 saturated heterocycles. The van der Waals surface area contributed by atoms with E-state index in [0.29, 0.717) is 18.1 Å². The molecule has 5 rings (SSSR count). The van der Waals surface area contributed by atoms with Crippen molar-refractivity contribution in [3.05, 3.63) is 96.0 Å². The fourth-order valence-electron chi connectivity index (χ4n) is 4.65. The predicted octanol–water partition coefficient (Wildman–Crippen LogP) is 6.57. The van der Waals surface area contributed by atoms with Crippen molar-refractivity contribution in [1.82, 2.24) is 10.3 Å². The number of anilines is 2. The summed E-state index contributed by atoms with van der Waals surface area (Å²) in [6, 6.07) is 23.1. The largest absolute Gasteiger partial charge is 0.494 e. The van der Waals surface area contributed by atoms with Crippen molar-refractivity contribution in [1.29, 1.82) is 0 Å². The van der Waals surface area contributed by atoms with E-state index < -0.39 is 0 Å². The highest BCUT2D eigenvalue weighted by molar-refractivity contribution is 7.80. The van der Waals surface area contributed by atoms with Crippen LogP contribution in [0.4, 0.5) is 11.4 Å². The lowest BCUT2D eigenvalue weighted by Crippen LogP contribution is -2.29. The second kappa shape index (κ2) is 11.1. The van der Waals surface area contributed by atoms with Gasteiger partial charge in [-0.25, -0.2) is 0 Å². The van der Waals surface area contributed by atoms with Crippen LogP contribution in [0.2, 0.25) is 0 Å². The SMILES string of the molecule is CCOc1ccc(-c2ccc([C@H]3[C@@H](c4ccccn4)NC(=S)N3c3ccc(NC(=O)CC)c(C)c3)o2)cc1. The van der Waals surface area contributed by atoms with Crippen LogP contribution in [0.1, 0.15) is 49.4 Å². The topological polar surface area (TPSA) is 79.6 Å². The summed E-state index contributed by atoms with van der Waals surface area (Å²) < 4.78 is 12.0. The van der Waals surface area contributed by atoms with Gasteiger partial charge < -0.3 is 24.7 Å². The van der Waals surface area contributed by atoms with Crippen molar-refractivity contribution in [2.24, 2.45) is 0 Å². The summed E-state index contributed by atoms with van der Waals surface area (Å²) in [5.74, 6) is 2.32. The van der Waals surface area contributed by atoms with Gasteiger partial charge in [0, 0.05) is 29.6 Å². The molecule has 1 aliphatic heterocycles. The van der Waals surface area contributed by atoms with Crippen molar-refractivity contribution >= 4 is 34.6 Å². The van der Waals surface area contributed by atoms with E-state index >= 15 is 0 Å². The van der Waals surface area contributed by atoms with Crippen molar-refractivity contribution in [2.45, 2.75) is 39.3 Å². The van der Waals surface area contributed by atoms with Gasteiger partial charge in [-0.05, 0) is 98.4 Å². The molecule has 1 amide bonds. The number of carbonyl (C=O) groups is 1. The van der Waals surface area contributed by atoms with E-state index in [9.17, 15) is 4.79 Å². The molecule has 0 saturated carbocycles. The van der Waals surface area contributed by atoms with Crippen LogP contribution in [0.15, 0.2) is 83.4 Å². The Kier molecular flexibility index (Phi) is 7.42. The van der Waals surface area contributed by atoms with Crippen LogP contribution < -0.4 is 20.3 Å². The van der Waals surface area contributed by atoms with Crippen LogP contribution in [-0.4, -0.2) is 22.6 Å². The molecule has 8 heteroatoms. The molecule has 38 heavy (non-hydrogen) atoms. The summed E-state index contributed by atoms with van der Waals surface area (Å²) in [4.78, 5) is 18.6. The Labute approximate surface area is 227 Å². The molecule has 2 aromatic carbocycles. The van der Waals surface area contributed by atoms with Gasteiger partial charge in [0.2, 0.25) is 5.91 Å². The molecule has 2 aromatic heterocycles. The number of aromatic nitrogens is 1. The van der Waals surface area contributed by atoms with E-state index in [2.05, 4.69) is 20.5 Å². The standard InChI is InChI=1S/C30H30N4O3S/c1-4-27(35)32-23-14-11-21(18-19(23)3)34-29(28(33-30(34)38)24-8-6-7-17-31-24)26-16-15-25(37-26)20-9-12-22(13-10-20)36-5-2/h6-18,28-29H,4-5H2,1-3H3,(H,32,35)(H,33,38)/t28-,29+/m1/s1. The number of benzene rings is 2. The van der Waals surface area contributed by atoms with E-state index in [0.717, 1.165) is 45.5 Å². The molecule has 1 aliphatic rings. The average Bonchev–Trinajstić information content (AvgIpc) is 3.55. The van der Waals surface area contributed by atoms with Gasteiger partial charge in [-0.15, -0.1) is 0 Å². The number of aryl methyl sites for hydroxylation is 1. The van der Waals surface area contributed by atoms with E-state index in [-0.39, 0.29) is 18.0 Å². The normalized spacial score (nSPS) is 16.8. The Morgan fingerprint density at radius 3 is 2.61 bits per heavy atom. The van der Waals surface area contributed by atoms with Crippen LogP contribution >= 0.6 is 12.2 Å². The van der Waals surface area contributed by atoms with E-state index in [1.165, 1.54) is 0 Å². The molecule has 0 spiro atoms. The van der Waals surface area contributed by atoms with Gasteiger partial charge in [0.15, 0.2) is 5.11 Å². The number of ether oxygens (including phenoxy) is 1. The number of nitrogens with one attached hydrogen (secondary N) is 2. The number of hydrogen-bond donors (Lipinski definition) is 2. The number of amides is 1. The quantitative estimate of drug-likeness (QED) is 0.251. The number of carbonyl (C=O) groups excluding carboxylic acids is 1. The van der Waals surface area contributed by atoms with Crippen molar-refractivity contribution in [3.8, 4) is 17.1 Å². The number of hydrogen-bond acceptors (Lipinski definition) is 5. The third-order valence-electron chi connectivity index (χ3n) is 6.55. The second-order valence-electron chi connectivity index (χ2n) is 9.06. The maximum absolute atomic E-state index is 12.0. The zero-order chi connectivity index (χ0) is 26.6. The molecule has 3 heterocycles. The molecule has 0 radical (unpaired) electrons. The van der Waals surface area contributed by atoms with Crippen LogP contribution in [-0.2, 0) is 4.79 Å². The van der Waals surface area contributed by atoms with Crippen molar-refractivity contribution in [3.63, 3.8) is 0 Å². The summed E-state index contributed by atoms with van der Waals surface area (Å²) in [5.41, 5.74) is 4.46. The summed E-state index contributed by atoms with van der Waals surface area (Å²) >= 11 is 5.84. The highest BCUT2D eigenvalue weighted by Gasteiger charge is 2.42. The Balaban J connectivity index is 1.52. The summed E-state index contributed by atoms with van der Waals surface area (Å²) in [7, 11) is 0. The lowest BCUT2D eigenvalue weighted by atomic mass is 10.0. The first-order valence-electron chi connectivity index (χ1n) is 12.7. The smallest absolute Gasteiger partial charge is 0.224 e. The van der Waals surface area contributed by atoms with Crippen LogP contribution in [0.5, 0.6) is 5.75 Å². The van der Waals surface area contributed by atoms with Crippen LogP contribution in [0, 0.1) is 6.92 Å². The summed E-state index contributed by atoms with van der Waals surface area (Å²) in [5, 5.41) is 7.00. The van der Waals surface area contributed by atoms with Crippen LogP contribution in [0.25, 0.3) is 11.3 Å². The first-order valence-corrected chi connectivity index (χ1v) is 13.1. The molecule has 194 valence electrons.